The van der Waals surface area contributed by atoms with Gasteiger partial charge in [-0.15, -0.1) is 24.0 Å². The van der Waals surface area contributed by atoms with E-state index in [1.165, 1.54) is 17.5 Å². The third kappa shape index (κ3) is 6.06. The highest BCUT2D eigenvalue weighted by Gasteiger charge is 2.25. The minimum atomic E-state index is 0. The molecule has 2 atom stereocenters. The van der Waals surface area contributed by atoms with Crippen LogP contribution in [-0.2, 0) is 17.7 Å². The summed E-state index contributed by atoms with van der Waals surface area (Å²) >= 11 is 0. The van der Waals surface area contributed by atoms with Crippen LogP contribution in [0.4, 0.5) is 0 Å². The number of methoxy groups -OCH3 is 1. The van der Waals surface area contributed by atoms with Gasteiger partial charge in [0, 0.05) is 51.8 Å². The molecule has 0 bridgehead atoms. The molecule has 2 aliphatic rings. The number of rotatable bonds is 6. The number of aliphatic imine (C=N–C) groups is 1. The van der Waals surface area contributed by atoms with Crippen molar-refractivity contribution in [3.63, 3.8) is 0 Å². The quantitative estimate of drug-likeness (QED) is 0.382. The summed E-state index contributed by atoms with van der Waals surface area (Å²) in [5, 5.41) is 3.48. The predicted molar refractivity (Wildman–Crippen MR) is 123 cm³/mol. The molecule has 0 amide bonds. The third-order valence-electron chi connectivity index (χ3n) is 5.61. The number of ether oxygens (including phenoxy) is 1. The molecule has 3 rings (SSSR count). The van der Waals surface area contributed by atoms with E-state index < -0.39 is 0 Å². The van der Waals surface area contributed by atoms with Crippen LogP contribution in [0.1, 0.15) is 31.4 Å². The van der Waals surface area contributed by atoms with Gasteiger partial charge in [0.15, 0.2) is 5.96 Å². The molecule has 0 aliphatic carbocycles. The summed E-state index contributed by atoms with van der Waals surface area (Å²) in [6.45, 7) is 11.3. The molecule has 2 heterocycles. The summed E-state index contributed by atoms with van der Waals surface area (Å²) in [6.07, 6.45) is 2.34. The van der Waals surface area contributed by atoms with E-state index in [1.807, 2.05) is 0 Å². The molecule has 152 valence electrons. The zero-order chi connectivity index (χ0) is 18.4. The first-order chi connectivity index (χ1) is 12.7. The normalized spacial score (nSPS) is 21.5. The molecule has 1 fully saturated rings. The fraction of sp³-hybridized carbons (Fsp3) is 0.667. The van der Waals surface area contributed by atoms with Crippen LogP contribution in [0.25, 0.3) is 0 Å². The SMILES string of the molecule is CCNC(=NCC(C)N1CCc2ccccc2C1)N1CCC(COC)C1.I. The van der Waals surface area contributed by atoms with Crippen LogP contribution in [0, 0.1) is 5.92 Å². The van der Waals surface area contributed by atoms with Crippen LogP contribution in [0.15, 0.2) is 29.3 Å². The van der Waals surface area contributed by atoms with Crippen LogP contribution in [0.5, 0.6) is 0 Å². The average Bonchev–Trinajstić information content (AvgIpc) is 3.13. The van der Waals surface area contributed by atoms with E-state index in [0.717, 1.165) is 58.3 Å². The number of guanidine groups is 1. The number of nitrogens with zero attached hydrogens (tertiary/aromatic N) is 3. The Labute approximate surface area is 181 Å². The second-order valence-electron chi connectivity index (χ2n) is 7.59. The molecule has 1 N–H and O–H groups in total. The molecule has 5 nitrogen and oxygen atoms in total. The lowest BCUT2D eigenvalue weighted by atomic mass is 9.99. The zero-order valence-corrected chi connectivity index (χ0v) is 19.3. The molecular weight excluding hydrogens is 451 g/mol. The first-order valence-electron chi connectivity index (χ1n) is 10.0. The van der Waals surface area contributed by atoms with Crippen molar-refractivity contribution in [3.8, 4) is 0 Å². The minimum absolute atomic E-state index is 0. The van der Waals surface area contributed by atoms with Gasteiger partial charge in [0.2, 0.25) is 0 Å². The summed E-state index contributed by atoms with van der Waals surface area (Å²) in [5.41, 5.74) is 2.98. The highest BCUT2D eigenvalue weighted by Crippen LogP contribution is 2.21. The topological polar surface area (TPSA) is 40.1 Å². The van der Waals surface area contributed by atoms with E-state index in [-0.39, 0.29) is 24.0 Å². The van der Waals surface area contributed by atoms with Gasteiger partial charge in [-0.3, -0.25) is 9.89 Å². The fourth-order valence-electron chi connectivity index (χ4n) is 4.05. The van der Waals surface area contributed by atoms with E-state index >= 15 is 0 Å². The summed E-state index contributed by atoms with van der Waals surface area (Å²) in [5.74, 6) is 1.69. The lowest BCUT2D eigenvalue weighted by Crippen LogP contribution is -2.43. The molecule has 1 aromatic carbocycles. The van der Waals surface area contributed by atoms with Gasteiger partial charge < -0.3 is 15.0 Å². The molecular formula is C21H35IN4O. The summed E-state index contributed by atoms with van der Waals surface area (Å²) in [7, 11) is 1.79. The van der Waals surface area contributed by atoms with E-state index in [0.29, 0.717) is 12.0 Å². The van der Waals surface area contributed by atoms with Gasteiger partial charge in [0.25, 0.3) is 0 Å². The van der Waals surface area contributed by atoms with Gasteiger partial charge in [-0.1, -0.05) is 24.3 Å². The Morgan fingerprint density at radius 1 is 1.30 bits per heavy atom. The second-order valence-corrected chi connectivity index (χ2v) is 7.59. The Hall–Kier alpha value is -0.860. The first kappa shape index (κ1) is 22.4. The maximum absolute atomic E-state index is 5.33. The largest absolute Gasteiger partial charge is 0.384 e. The molecule has 0 aromatic heterocycles. The molecule has 6 heteroatoms. The molecule has 0 radical (unpaired) electrons. The van der Waals surface area contributed by atoms with Gasteiger partial charge in [-0.25, -0.2) is 0 Å². The Morgan fingerprint density at radius 3 is 2.81 bits per heavy atom. The van der Waals surface area contributed by atoms with Gasteiger partial charge in [0.05, 0.1) is 13.2 Å². The number of hydrogen-bond donors (Lipinski definition) is 1. The summed E-state index contributed by atoms with van der Waals surface area (Å²) in [6, 6.07) is 9.29. The predicted octanol–water partition coefficient (Wildman–Crippen LogP) is 2.99. The molecule has 1 saturated heterocycles. The van der Waals surface area contributed by atoms with Crippen LogP contribution < -0.4 is 5.32 Å². The monoisotopic (exact) mass is 486 g/mol. The number of hydrogen-bond acceptors (Lipinski definition) is 3. The van der Waals surface area contributed by atoms with E-state index in [1.54, 1.807) is 7.11 Å². The van der Waals surface area contributed by atoms with Crippen LogP contribution >= 0.6 is 24.0 Å². The molecule has 0 saturated carbocycles. The highest BCUT2D eigenvalue weighted by molar-refractivity contribution is 14.0. The third-order valence-corrected chi connectivity index (χ3v) is 5.61. The van der Waals surface area contributed by atoms with Crippen molar-refractivity contribution in [2.45, 2.75) is 39.3 Å². The minimum Gasteiger partial charge on any atom is -0.384 e. The van der Waals surface area contributed by atoms with E-state index in [2.05, 4.69) is 53.2 Å². The molecule has 1 aromatic rings. The lowest BCUT2D eigenvalue weighted by Gasteiger charge is -2.33. The van der Waals surface area contributed by atoms with Crippen molar-refractivity contribution in [3.05, 3.63) is 35.4 Å². The maximum Gasteiger partial charge on any atom is 0.193 e. The first-order valence-corrected chi connectivity index (χ1v) is 10.0. The van der Waals surface area contributed by atoms with Crippen molar-refractivity contribution in [1.29, 1.82) is 0 Å². The molecule has 2 unspecified atom stereocenters. The zero-order valence-electron chi connectivity index (χ0n) is 17.0. The Bertz CT molecular complexity index is 610. The van der Waals surface area contributed by atoms with Gasteiger partial charge in [-0.2, -0.15) is 0 Å². The molecule has 0 spiro atoms. The van der Waals surface area contributed by atoms with Crippen LogP contribution in [0.3, 0.4) is 0 Å². The Kier molecular flexibility index (Phi) is 9.32. The van der Waals surface area contributed by atoms with Gasteiger partial charge in [0.1, 0.15) is 0 Å². The van der Waals surface area contributed by atoms with E-state index in [9.17, 15) is 0 Å². The summed E-state index contributed by atoms with van der Waals surface area (Å²) < 4.78 is 5.33. The fourth-order valence-corrected chi connectivity index (χ4v) is 4.05. The number of halogens is 1. The van der Waals surface area contributed by atoms with Crippen molar-refractivity contribution < 1.29 is 4.74 Å². The molecule has 2 aliphatic heterocycles. The number of fused-ring (bicyclic) bond motifs is 1. The van der Waals surface area contributed by atoms with E-state index in [4.69, 9.17) is 9.73 Å². The molecule has 27 heavy (non-hydrogen) atoms. The highest BCUT2D eigenvalue weighted by atomic mass is 127. The lowest BCUT2D eigenvalue weighted by molar-refractivity contribution is 0.157. The average molecular weight is 486 g/mol. The maximum atomic E-state index is 5.33. The number of likely N-dealkylation sites (tertiary alicyclic amines) is 1. The van der Waals surface area contributed by atoms with Gasteiger partial charge in [-0.05, 0) is 37.8 Å². The smallest absolute Gasteiger partial charge is 0.193 e. The van der Waals surface area contributed by atoms with Crippen molar-refractivity contribution in [2.75, 3.05) is 46.4 Å². The Morgan fingerprint density at radius 2 is 2.07 bits per heavy atom. The Balaban J connectivity index is 0.00000261. The standard InChI is InChI=1S/C21H34N4O.HI/c1-4-22-21(25-11-9-18(14-25)16-26-3)23-13-17(2)24-12-10-19-7-5-6-8-20(19)15-24;/h5-8,17-18H,4,9-16H2,1-3H3,(H,22,23);1H. The number of benzene rings is 1. The van der Waals surface area contributed by atoms with Crippen molar-refractivity contribution >= 4 is 29.9 Å². The van der Waals surface area contributed by atoms with Crippen molar-refractivity contribution in [2.24, 2.45) is 10.9 Å². The summed E-state index contributed by atoms with van der Waals surface area (Å²) in [4.78, 5) is 9.93. The van der Waals surface area contributed by atoms with Crippen molar-refractivity contribution in [1.82, 2.24) is 15.1 Å². The number of nitrogens with one attached hydrogen (secondary N) is 1. The second kappa shape index (κ2) is 11.2. The van der Waals surface area contributed by atoms with Crippen LogP contribution in [-0.4, -0.2) is 68.2 Å². The van der Waals surface area contributed by atoms with Crippen LogP contribution in [0.2, 0.25) is 0 Å². The van der Waals surface area contributed by atoms with Gasteiger partial charge >= 0.3 is 0 Å².